The van der Waals surface area contributed by atoms with Gasteiger partial charge in [-0.3, -0.25) is 4.98 Å². The lowest BCUT2D eigenvalue weighted by Gasteiger charge is -2.39. The predicted octanol–water partition coefficient (Wildman–Crippen LogP) is 4.66. The van der Waals surface area contributed by atoms with Crippen LogP contribution < -0.4 is 0 Å². The van der Waals surface area contributed by atoms with E-state index in [2.05, 4.69) is 25.8 Å². The molecule has 0 saturated carbocycles. The van der Waals surface area contributed by atoms with E-state index in [4.69, 9.17) is 11.6 Å². The Morgan fingerprint density at radius 1 is 1.20 bits per heavy atom. The first-order valence-electron chi connectivity index (χ1n) is 6.69. The normalized spacial score (nSPS) is 15.1. The van der Waals surface area contributed by atoms with Crippen LogP contribution in [0, 0.1) is 5.41 Å². The smallest absolute Gasteiger partial charge is 0.105 e. The van der Waals surface area contributed by atoms with E-state index in [1.54, 1.807) is 11.7 Å². The molecule has 20 heavy (non-hydrogen) atoms. The zero-order valence-electron chi connectivity index (χ0n) is 12.1. The van der Waals surface area contributed by atoms with Crippen molar-refractivity contribution in [1.29, 1.82) is 0 Å². The molecule has 0 aliphatic carbocycles. The summed E-state index contributed by atoms with van der Waals surface area (Å²) in [5.41, 5.74) is 1.84. The lowest BCUT2D eigenvalue weighted by Crippen LogP contribution is -2.39. The van der Waals surface area contributed by atoms with Gasteiger partial charge in [-0.15, -0.1) is 11.3 Å². The molecule has 1 atom stereocenters. The van der Waals surface area contributed by atoms with E-state index < -0.39 is 5.60 Å². The highest BCUT2D eigenvalue weighted by Gasteiger charge is 2.42. The average molecular weight is 310 g/mol. The molecule has 1 aromatic carbocycles. The summed E-state index contributed by atoms with van der Waals surface area (Å²) in [6, 6.07) is 7.80. The maximum atomic E-state index is 11.2. The molecular formula is C16H20ClNOS. The topological polar surface area (TPSA) is 33.1 Å². The van der Waals surface area contributed by atoms with E-state index in [1.807, 2.05) is 24.3 Å². The SMILES string of the molecule is CC(C)(C)C(O)(CCc1ccc(Cl)cc1)c1cncs1. The van der Waals surface area contributed by atoms with Gasteiger partial charge in [0.2, 0.25) is 0 Å². The zero-order valence-corrected chi connectivity index (χ0v) is 13.6. The van der Waals surface area contributed by atoms with Crippen LogP contribution in [-0.4, -0.2) is 10.1 Å². The van der Waals surface area contributed by atoms with Crippen LogP contribution in [0.3, 0.4) is 0 Å². The van der Waals surface area contributed by atoms with Crippen LogP contribution in [-0.2, 0) is 12.0 Å². The molecule has 2 nitrogen and oxygen atoms in total. The van der Waals surface area contributed by atoms with Crippen LogP contribution in [0.5, 0.6) is 0 Å². The molecule has 1 unspecified atom stereocenters. The minimum atomic E-state index is -0.867. The van der Waals surface area contributed by atoms with E-state index >= 15 is 0 Å². The summed E-state index contributed by atoms with van der Waals surface area (Å²) in [6.45, 7) is 6.19. The standard InChI is InChI=1S/C16H20ClNOS/c1-15(2,3)16(19,14-10-18-11-20-14)9-8-12-4-6-13(17)7-5-12/h4-7,10-11,19H,8-9H2,1-3H3. The maximum absolute atomic E-state index is 11.2. The number of halogens is 1. The summed E-state index contributed by atoms with van der Waals surface area (Å²) in [5.74, 6) is 0. The first-order valence-corrected chi connectivity index (χ1v) is 7.94. The number of aromatic nitrogens is 1. The van der Waals surface area contributed by atoms with Crippen molar-refractivity contribution in [3.05, 3.63) is 51.4 Å². The number of thiazole rings is 1. The molecule has 0 amide bonds. The van der Waals surface area contributed by atoms with E-state index in [1.165, 1.54) is 16.9 Å². The van der Waals surface area contributed by atoms with Gasteiger partial charge >= 0.3 is 0 Å². The molecule has 2 aromatic rings. The number of aryl methyl sites for hydroxylation is 1. The lowest BCUT2D eigenvalue weighted by molar-refractivity contribution is -0.0680. The summed E-state index contributed by atoms with van der Waals surface area (Å²) in [7, 11) is 0. The Morgan fingerprint density at radius 3 is 2.35 bits per heavy atom. The number of benzene rings is 1. The highest BCUT2D eigenvalue weighted by molar-refractivity contribution is 7.09. The molecule has 4 heteroatoms. The fourth-order valence-electron chi connectivity index (χ4n) is 2.26. The summed E-state index contributed by atoms with van der Waals surface area (Å²) >= 11 is 7.41. The van der Waals surface area contributed by atoms with Gasteiger partial charge in [-0.05, 0) is 36.0 Å². The Bertz CT molecular complexity index is 545. The van der Waals surface area contributed by atoms with Gasteiger partial charge in [-0.1, -0.05) is 44.5 Å². The number of nitrogens with zero attached hydrogens (tertiary/aromatic N) is 1. The quantitative estimate of drug-likeness (QED) is 0.890. The van der Waals surface area contributed by atoms with E-state index in [-0.39, 0.29) is 5.41 Å². The van der Waals surface area contributed by atoms with E-state index in [0.717, 1.165) is 16.3 Å². The maximum Gasteiger partial charge on any atom is 0.105 e. The van der Waals surface area contributed by atoms with Gasteiger partial charge in [0.05, 0.1) is 10.4 Å². The van der Waals surface area contributed by atoms with Crippen LogP contribution in [0.25, 0.3) is 0 Å². The molecule has 1 aromatic heterocycles. The molecule has 1 N–H and O–H groups in total. The Kier molecular flexibility index (Phi) is 4.52. The highest BCUT2D eigenvalue weighted by Crippen LogP contribution is 2.44. The number of hydrogen-bond donors (Lipinski definition) is 1. The van der Waals surface area contributed by atoms with Crippen molar-refractivity contribution >= 4 is 22.9 Å². The molecule has 0 aliphatic heterocycles. The second kappa shape index (κ2) is 5.84. The molecule has 108 valence electrons. The van der Waals surface area contributed by atoms with Crippen LogP contribution in [0.4, 0.5) is 0 Å². The van der Waals surface area contributed by atoms with Crippen molar-refractivity contribution in [2.45, 2.75) is 39.2 Å². The van der Waals surface area contributed by atoms with Gasteiger partial charge in [0.1, 0.15) is 5.60 Å². The summed E-state index contributed by atoms with van der Waals surface area (Å²) in [4.78, 5) is 5.04. The van der Waals surface area contributed by atoms with Crippen molar-refractivity contribution in [2.24, 2.45) is 5.41 Å². The Balaban J connectivity index is 2.20. The number of rotatable bonds is 4. The summed E-state index contributed by atoms with van der Waals surface area (Å²) < 4.78 is 0. The van der Waals surface area contributed by atoms with Gasteiger partial charge in [-0.25, -0.2) is 0 Å². The molecule has 0 spiro atoms. The lowest BCUT2D eigenvalue weighted by atomic mass is 9.72. The second-order valence-corrected chi connectivity index (χ2v) is 7.43. The van der Waals surface area contributed by atoms with Gasteiger partial charge in [0, 0.05) is 11.2 Å². The number of hydrogen-bond acceptors (Lipinski definition) is 3. The van der Waals surface area contributed by atoms with Crippen molar-refractivity contribution < 1.29 is 5.11 Å². The molecule has 0 fully saturated rings. The molecule has 0 saturated heterocycles. The van der Waals surface area contributed by atoms with Crippen LogP contribution in [0.1, 0.15) is 37.6 Å². The third-order valence-electron chi connectivity index (χ3n) is 3.77. The Hall–Kier alpha value is -0.900. The third kappa shape index (κ3) is 3.22. The summed E-state index contributed by atoms with van der Waals surface area (Å²) in [5, 5.41) is 11.9. The minimum Gasteiger partial charge on any atom is -0.384 e. The first-order chi connectivity index (χ1) is 9.33. The van der Waals surface area contributed by atoms with Crippen LogP contribution in [0.15, 0.2) is 36.0 Å². The van der Waals surface area contributed by atoms with Crippen molar-refractivity contribution in [3.8, 4) is 0 Å². The molecule has 1 heterocycles. The Morgan fingerprint density at radius 2 is 1.85 bits per heavy atom. The molecule has 2 rings (SSSR count). The van der Waals surface area contributed by atoms with E-state index in [9.17, 15) is 5.11 Å². The highest BCUT2D eigenvalue weighted by atomic mass is 35.5. The fraction of sp³-hybridized carbons (Fsp3) is 0.438. The first kappa shape index (κ1) is 15.5. The third-order valence-corrected chi connectivity index (χ3v) is 4.95. The minimum absolute atomic E-state index is 0.244. The Labute approximate surface area is 129 Å². The van der Waals surface area contributed by atoms with Gasteiger partial charge < -0.3 is 5.11 Å². The van der Waals surface area contributed by atoms with Crippen molar-refractivity contribution in [1.82, 2.24) is 4.98 Å². The van der Waals surface area contributed by atoms with Crippen LogP contribution >= 0.6 is 22.9 Å². The largest absolute Gasteiger partial charge is 0.384 e. The fourth-order valence-corrected chi connectivity index (χ4v) is 3.35. The van der Waals surface area contributed by atoms with Gasteiger partial charge in [-0.2, -0.15) is 0 Å². The predicted molar refractivity (Wildman–Crippen MR) is 85.2 cm³/mol. The average Bonchev–Trinajstić information content (AvgIpc) is 2.90. The van der Waals surface area contributed by atoms with E-state index in [0.29, 0.717) is 6.42 Å². The van der Waals surface area contributed by atoms with Crippen molar-refractivity contribution in [2.75, 3.05) is 0 Å². The van der Waals surface area contributed by atoms with Crippen LogP contribution in [0.2, 0.25) is 5.02 Å². The van der Waals surface area contributed by atoms with Gasteiger partial charge in [0.25, 0.3) is 0 Å². The molecule has 0 radical (unpaired) electrons. The molecule has 0 bridgehead atoms. The monoisotopic (exact) mass is 309 g/mol. The zero-order chi connectivity index (χ0) is 14.8. The summed E-state index contributed by atoms with van der Waals surface area (Å²) in [6.07, 6.45) is 3.25. The molecular weight excluding hydrogens is 290 g/mol. The van der Waals surface area contributed by atoms with Gasteiger partial charge in [0.15, 0.2) is 0 Å². The molecule has 0 aliphatic rings. The second-order valence-electron chi connectivity index (χ2n) is 6.10. The number of aliphatic hydroxyl groups is 1. The van der Waals surface area contributed by atoms with Crippen molar-refractivity contribution in [3.63, 3.8) is 0 Å².